The van der Waals surface area contributed by atoms with Crippen molar-refractivity contribution in [2.75, 3.05) is 39.3 Å². The van der Waals surface area contributed by atoms with Gasteiger partial charge in [-0.2, -0.15) is 0 Å². The molecule has 0 radical (unpaired) electrons. The van der Waals surface area contributed by atoms with Crippen LogP contribution in [0.25, 0.3) is 0 Å². The fraction of sp³-hybridized carbons (Fsp3) is 0.692. The van der Waals surface area contributed by atoms with Gasteiger partial charge < -0.3 is 14.5 Å². The minimum Gasteiger partial charge on any atom is -0.444 e. The molecule has 2 amide bonds. The fourth-order valence-electron chi connectivity index (χ4n) is 3.90. The summed E-state index contributed by atoms with van der Waals surface area (Å²) in [5.74, 6) is 0.771. The number of amides is 2. The Balaban J connectivity index is 0.000000451. The third kappa shape index (κ3) is 8.45. The predicted molar refractivity (Wildman–Crippen MR) is 130 cm³/mol. The summed E-state index contributed by atoms with van der Waals surface area (Å²) in [7, 11) is 0. The topological polar surface area (TPSA) is 53.1 Å². The third-order valence-electron chi connectivity index (χ3n) is 6.02. The maximum absolute atomic E-state index is 12.8. The number of nitrogens with zero attached hydrogens (tertiary/aromatic N) is 3. The van der Waals surface area contributed by atoms with Gasteiger partial charge >= 0.3 is 6.09 Å². The standard InChI is InChI=1S/C20H28N2O3.C6H15N/c1-20(2,3)25-19(24)22-12-11-18(23)21(13-15-9-10-15)14-17(22)16-7-5-4-6-8-16;1-4-7(5-2)6-3/h4-8,15,17H,9-14H2,1-3H3;4-6H2,1-3H3. The highest BCUT2D eigenvalue weighted by Gasteiger charge is 2.36. The summed E-state index contributed by atoms with van der Waals surface area (Å²) in [6.45, 7) is 17.5. The monoisotopic (exact) mass is 445 g/mol. The number of hydrogen-bond acceptors (Lipinski definition) is 4. The Morgan fingerprint density at radius 1 is 1.06 bits per heavy atom. The largest absolute Gasteiger partial charge is 0.444 e. The second-order valence-electron chi connectivity index (χ2n) is 9.71. The van der Waals surface area contributed by atoms with Gasteiger partial charge in [-0.1, -0.05) is 51.1 Å². The Hall–Kier alpha value is -2.08. The summed E-state index contributed by atoms with van der Waals surface area (Å²) in [6, 6.07) is 9.79. The molecular weight excluding hydrogens is 402 g/mol. The van der Waals surface area contributed by atoms with Crippen molar-refractivity contribution in [3.8, 4) is 0 Å². The molecule has 3 rings (SSSR count). The van der Waals surface area contributed by atoms with Crippen LogP contribution < -0.4 is 0 Å². The van der Waals surface area contributed by atoms with Gasteiger partial charge in [0.1, 0.15) is 5.60 Å². The smallest absolute Gasteiger partial charge is 0.410 e. The van der Waals surface area contributed by atoms with E-state index in [-0.39, 0.29) is 18.0 Å². The molecule has 180 valence electrons. The number of benzene rings is 1. The maximum Gasteiger partial charge on any atom is 0.410 e. The second-order valence-corrected chi connectivity index (χ2v) is 9.71. The van der Waals surface area contributed by atoms with E-state index in [2.05, 4.69) is 25.7 Å². The first-order valence-corrected chi connectivity index (χ1v) is 12.2. The molecule has 1 aliphatic carbocycles. The van der Waals surface area contributed by atoms with Crippen LogP contribution in [0.15, 0.2) is 30.3 Å². The van der Waals surface area contributed by atoms with Crippen LogP contribution in [-0.4, -0.2) is 71.6 Å². The molecule has 6 nitrogen and oxygen atoms in total. The van der Waals surface area contributed by atoms with Gasteiger partial charge in [-0.15, -0.1) is 0 Å². The van der Waals surface area contributed by atoms with Crippen molar-refractivity contribution < 1.29 is 14.3 Å². The minimum absolute atomic E-state index is 0.138. The third-order valence-corrected chi connectivity index (χ3v) is 6.02. The zero-order chi connectivity index (χ0) is 23.7. The molecule has 1 saturated heterocycles. The molecule has 32 heavy (non-hydrogen) atoms. The van der Waals surface area contributed by atoms with Gasteiger partial charge in [0, 0.05) is 26.1 Å². The van der Waals surface area contributed by atoms with E-state index in [1.807, 2.05) is 56.0 Å². The number of ether oxygens (including phenoxy) is 1. The van der Waals surface area contributed by atoms with Gasteiger partial charge in [0.25, 0.3) is 0 Å². The quantitative estimate of drug-likeness (QED) is 0.621. The summed E-state index contributed by atoms with van der Waals surface area (Å²) in [6.07, 6.45) is 2.42. The predicted octanol–water partition coefficient (Wildman–Crippen LogP) is 4.96. The summed E-state index contributed by atoms with van der Waals surface area (Å²) < 4.78 is 5.61. The number of rotatable bonds is 6. The molecule has 1 heterocycles. The van der Waals surface area contributed by atoms with Crippen LogP contribution in [-0.2, 0) is 9.53 Å². The van der Waals surface area contributed by atoms with E-state index < -0.39 is 5.60 Å². The van der Waals surface area contributed by atoms with Gasteiger partial charge in [-0.3, -0.25) is 9.69 Å². The van der Waals surface area contributed by atoms with E-state index in [0.29, 0.717) is 25.4 Å². The Labute approximate surface area is 194 Å². The van der Waals surface area contributed by atoms with Crippen LogP contribution in [0, 0.1) is 5.92 Å². The molecule has 0 bridgehead atoms. The summed E-state index contributed by atoms with van der Waals surface area (Å²) in [4.78, 5) is 31.4. The van der Waals surface area contributed by atoms with Crippen LogP contribution in [0.3, 0.4) is 0 Å². The number of carbonyl (C=O) groups excluding carboxylic acids is 2. The Morgan fingerprint density at radius 3 is 2.12 bits per heavy atom. The van der Waals surface area contributed by atoms with E-state index in [9.17, 15) is 9.59 Å². The van der Waals surface area contributed by atoms with Crippen molar-refractivity contribution in [1.29, 1.82) is 0 Å². The van der Waals surface area contributed by atoms with Crippen molar-refractivity contribution in [1.82, 2.24) is 14.7 Å². The zero-order valence-electron chi connectivity index (χ0n) is 21.0. The summed E-state index contributed by atoms with van der Waals surface area (Å²) >= 11 is 0. The van der Waals surface area contributed by atoms with Crippen molar-refractivity contribution in [3.63, 3.8) is 0 Å². The van der Waals surface area contributed by atoms with Crippen molar-refractivity contribution in [3.05, 3.63) is 35.9 Å². The molecule has 1 unspecified atom stereocenters. The van der Waals surface area contributed by atoms with Crippen molar-refractivity contribution in [2.45, 2.75) is 72.4 Å². The van der Waals surface area contributed by atoms with E-state index in [0.717, 1.165) is 12.1 Å². The molecule has 2 aliphatic rings. The minimum atomic E-state index is -0.553. The van der Waals surface area contributed by atoms with Gasteiger partial charge in [0.2, 0.25) is 5.91 Å². The Kier molecular flexibility index (Phi) is 10.0. The zero-order valence-corrected chi connectivity index (χ0v) is 21.0. The molecule has 1 atom stereocenters. The molecule has 1 aromatic carbocycles. The fourth-order valence-corrected chi connectivity index (χ4v) is 3.90. The average Bonchev–Trinajstić information content (AvgIpc) is 3.58. The highest BCUT2D eigenvalue weighted by atomic mass is 16.6. The summed E-state index contributed by atoms with van der Waals surface area (Å²) in [5, 5.41) is 0. The lowest BCUT2D eigenvalue weighted by atomic mass is 10.1. The van der Waals surface area contributed by atoms with E-state index in [1.54, 1.807) is 4.90 Å². The van der Waals surface area contributed by atoms with Gasteiger partial charge in [0.15, 0.2) is 0 Å². The lowest BCUT2D eigenvalue weighted by molar-refractivity contribution is -0.130. The summed E-state index contributed by atoms with van der Waals surface area (Å²) in [5.41, 5.74) is 0.492. The number of carbonyl (C=O) groups is 2. The van der Waals surface area contributed by atoms with Gasteiger partial charge in [0.05, 0.1) is 6.04 Å². The highest BCUT2D eigenvalue weighted by Crippen LogP contribution is 2.33. The molecule has 0 spiro atoms. The molecule has 1 saturated carbocycles. The first-order chi connectivity index (χ1) is 15.2. The van der Waals surface area contributed by atoms with Crippen molar-refractivity contribution >= 4 is 12.0 Å². The highest BCUT2D eigenvalue weighted by molar-refractivity contribution is 5.78. The molecule has 2 fully saturated rings. The molecule has 1 aliphatic heterocycles. The Morgan fingerprint density at radius 2 is 1.66 bits per heavy atom. The van der Waals surface area contributed by atoms with Crippen molar-refractivity contribution in [2.24, 2.45) is 5.92 Å². The SMILES string of the molecule is CC(C)(C)OC(=O)N1CCC(=O)N(CC2CC2)CC1c1ccccc1.CCN(CC)CC. The normalized spacial score (nSPS) is 19.3. The van der Waals surface area contributed by atoms with Crippen LogP contribution in [0.2, 0.25) is 0 Å². The van der Waals surface area contributed by atoms with Gasteiger partial charge in [-0.05, 0) is 64.7 Å². The molecule has 6 heteroatoms. The first kappa shape index (κ1) is 26.2. The molecule has 0 aromatic heterocycles. The van der Waals surface area contributed by atoms with E-state index in [1.165, 1.54) is 32.5 Å². The average molecular weight is 446 g/mol. The second kappa shape index (κ2) is 12.2. The molecule has 0 N–H and O–H groups in total. The maximum atomic E-state index is 12.8. The first-order valence-electron chi connectivity index (χ1n) is 12.2. The van der Waals surface area contributed by atoms with Gasteiger partial charge in [-0.25, -0.2) is 4.79 Å². The number of hydrogen-bond donors (Lipinski definition) is 0. The van der Waals surface area contributed by atoms with Crippen LogP contribution in [0.5, 0.6) is 0 Å². The van der Waals surface area contributed by atoms with Crippen LogP contribution in [0.1, 0.15) is 72.4 Å². The van der Waals surface area contributed by atoms with E-state index in [4.69, 9.17) is 4.74 Å². The lowest BCUT2D eigenvalue weighted by Gasteiger charge is -2.33. The molecular formula is C26H43N3O3. The Bertz CT molecular complexity index is 703. The van der Waals surface area contributed by atoms with E-state index >= 15 is 0 Å². The van der Waals surface area contributed by atoms with Crippen LogP contribution in [0.4, 0.5) is 4.79 Å². The van der Waals surface area contributed by atoms with Crippen LogP contribution >= 0.6 is 0 Å². The molecule has 1 aromatic rings. The lowest BCUT2D eigenvalue weighted by Crippen LogP contribution is -2.42.